The van der Waals surface area contributed by atoms with Crippen molar-refractivity contribution in [2.75, 3.05) is 26.4 Å². The summed E-state index contributed by atoms with van der Waals surface area (Å²) in [5, 5.41) is 6.87. The lowest BCUT2D eigenvalue weighted by molar-refractivity contribution is -0.0855. The predicted octanol–water partition coefficient (Wildman–Crippen LogP) is 1.80. The van der Waals surface area contributed by atoms with Crippen LogP contribution in [0, 0.1) is 6.92 Å². The average molecular weight is 302 g/mol. The third kappa shape index (κ3) is 3.18. The first-order valence-corrected chi connectivity index (χ1v) is 7.25. The van der Waals surface area contributed by atoms with Crippen LogP contribution in [-0.2, 0) is 9.47 Å². The molecular weight excluding hydrogens is 284 g/mol. The Balaban J connectivity index is 1.73. The van der Waals surface area contributed by atoms with Crippen molar-refractivity contribution in [3.05, 3.63) is 41.7 Å². The Hall–Kier alpha value is -2.18. The quantitative estimate of drug-likeness (QED) is 0.932. The number of carbonyl (C=O) groups excluding carboxylic acids is 1. The van der Waals surface area contributed by atoms with Gasteiger partial charge in [-0.2, -0.15) is 0 Å². The minimum absolute atomic E-state index is 0.113. The maximum atomic E-state index is 12.5. The van der Waals surface area contributed by atoms with E-state index in [4.69, 9.17) is 14.0 Å². The van der Waals surface area contributed by atoms with Crippen molar-refractivity contribution in [3.63, 3.8) is 0 Å². The van der Waals surface area contributed by atoms with Gasteiger partial charge in [-0.15, -0.1) is 0 Å². The lowest BCUT2D eigenvalue weighted by Gasteiger charge is -2.23. The monoisotopic (exact) mass is 302 g/mol. The first kappa shape index (κ1) is 14.7. The molecule has 1 fully saturated rings. The van der Waals surface area contributed by atoms with Gasteiger partial charge >= 0.3 is 0 Å². The molecule has 3 rings (SSSR count). The van der Waals surface area contributed by atoms with E-state index >= 15 is 0 Å². The van der Waals surface area contributed by atoms with Gasteiger partial charge in [0.05, 0.1) is 25.9 Å². The lowest BCUT2D eigenvalue weighted by Crippen LogP contribution is -2.39. The summed E-state index contributed by atoms with van der Waals surface area (Å²) in [5.41, 5.74) is 1.86. The van der Waals surface area contributed by atoms with Gasteiger partial charge in [-0.3, -0.25) is 4.79 Å². The number of hydrogen-bond acceptors (Lipinski definition) is 5. The molecule has 0 spiro atoms. The van der Waals surface area contributed by atoms with Gasteiger partial charge < -0.3 is 19.3 Å². The molecule has 6 heteroatoms. The molecular formula is C16H18N2O4. The topological polar surface area (TPSA) is 73.6 Å². The van der Waals surface area contributed by atoms with E-state index in [1.807, 2.05) is 30.3 Å². The van der Waals surface area contributed by atoms with Crippen LogP contribution in [-0.4, -0.2) is 43.5 Å². The summed E-state index contributed by atoms with van der Waals surface area (Å²) in [7, 11) is 0. The van der Waals surface area contributed by atoms with E-state index in [1.54, 1.807) is 6.92 Å². The molecule has 0 radical (unpaired) electrons. The number of carbonyl (C=O) groups is 1. The number of aromatic nitrogens is 1. The smallest absolute Gasteiger partial charge is 0.257 e. The SMILES string of the molecule is Cc1onc(-c2ccccc2)c1C(=O)NC[C@@H]1COCCO1. The summed E-state index contributed by atoms with van der Waals surface area (Å²) in [6.45, 7) is 3.79. The van der Waals surface area contributed by atoms with Crippen LogP contribution < -0.4 is 5.32 Å². The Kier molecular flexibility index (Phi) is 4.50. The van der Waals surface area contributed by atoms with Crippen LogP contribution in [0.2, 0.25) is 0 Å². The molecule has 22 heavy (non-hydrogen) atoms. The maximum Gasteiger partial charge on any atom is 0.257 e. The standard InChI is InChI=1S/C16H18N2O4/c1-11-14(15(18-22-11)12-5-3-2-4-6-12)16(19)17-9-13-10-20-7-8-21-13/h2-6,13H,7-10H2,1H3,(H,17,19)/t13-/m1/s1. The van der Waals surface area contributed by atoms with Crippen molar-refractivity contribution < 1.29 is 18.8 Å². The number of aryl methyl sites for hydroxylation is 1. The van der Waals surface area contributed by atoms with E-state index in [0.717, 1.165) is 5.56 Å². The van der Waals surface area contributed by atoms with Crippen molar-refractivity contribution in [3.8, 4) is 11.3 Å². The molecule has 1 amide bonds. The van der Waals surface area contributed by atoms with Crippen molar-refractivity contribution in [1.82, 2.24) is 10.5 Å². The minimum Gasteiger partial charge on any atom is -0.376 e. The molecule has 1 atom stereocenters. The van der Waals surface area contributed by atoms with Crippen LogP contribution in [0.25, 0.3) is 11.3 Å². The number of hydrogen-bond donors (Lipinski definition) is 1. The van der Waals surface area contributed by atoms with Crippen LogP contribution in [0.3, 0.4) is 0 Å². The zero-order valence-electron chi connectivity index (χ0n) is 12.4. The zero-order chi connectivity index (χ0) is 15.4. The van der Waals surface area contributed by atoms with E-state index in [-0.39, 0.29) is 12.0 Å². The lowest BCUT2D eigenvalue weighted by atomic mass is 10.1. The summed E-state index contributed by atoms with van der Waals surface area (Å²) in [6, 6.07) is 9.50. The van der Waals surface area contributed by atoms with Gasteiger partial charge in [0.2, 0.25) is 0 Å². The Bertz CT molecular complexity index is 633. The Morgan fingerprint density at radius 2 is 2.14 bits per heavy atom. The second kappa shape index (κ2) is 6.72. The van der Waals surface area contributed by atoms with Crippen LogP contribution in [0.4, 0.5) is 0 Å². The van der Waals surface area contributed by atoms with Gasteiger partial charge in [0, 0.05) is 12.1 Å². The van der Waals surface area contributed by atoms with Gasteiger partial charge in [0.25, 0.3) is 5.91 Å². The fourth-order valence-electron chi connectivity index (χ4n) is 2.38. The first-order chi connectivity index (χ1) is 10.8. The van der Waals surface area contributed by atoms with Crippen molar-refractivity contribution in [2.45, 2.75) is 13.0 Å². The van der Waals surface area contributed by atoms with Crippen molar-refractivity contribution >= 4 is 5.91 Å². The Morgan fingerprint density at radius 3 is 2.86 bits per heavy atom. The normalized spacial score (nSPS) is 18.1. The summed E-state index contributed by atoms with van der Waals surface area (Å²) >= 11 is 0. The highest BCUT2D eigenvalue weighted by Crippen LogP contribution is 2.24. The molecule has 116 valence electrons. The number of amides is 1. The zero-order valence-corrected chi connectivity index (χ0v) is 12.4. The van der Waals surface area contributed by atoms with Crippen LogP contribution in [0.5, 0.6) is 0 Å². The molecule has 2 heterocycles. The molecule has 1 N–H and O–H groups in total. The molecule has 1 aromatic heterocycles. The Morgan fingerprint density at radius 1 is 1.32 bits per heavy atom. The molecule has 2 aromatic rings. The third-order valence-corrected chi connectivity index (χ3v) is 3.51. The van der Waals surface area contributed by atoms with E-state index in [2.05, 4.69) is 10.5 Å². The van der Waals surface area contributed by atoms with Gasteiger partial charge in [-0.1, -0.05) is 35.5 Å². The van der Waals surface area contributed by atoms with Crippen molar-refractivity contribution in [1.29, 1.82) is 0 Å². The number of benzene rings is 1. The highest BCUT2D eigenvalue weighted by molar-refractivity contribution is 6.00. The summed E-state index contributed by atoms with van der Waals surface area (Å²) in [4.78, 5) is 12.5. The van der Waals surface area contributed by atoms with E-state index in [1.165, 1.54) is 0 Å². The van der Waals surface area contributed by atoms with Crippen molar-refractivity contribution in [2.24, 2.45) is 0 Å². The molecule has 6 nitrogen and oxygen atoms in total. The fraction of sp³-hybridized carbons (Fsp3) is 0.375. The molecule has 1 aliphatic heterocycles. The van der Waals surface area contributed by atoms with Gasteiger partial charge in [0.15, 0.2) is 0 Å². The van der Waals surface area contributed by atoms with Crippen LogP contribution >= 0.6 is 0 Å². The third-order valence-electron chi connectivity index (χ3n) is 3.51. The molecule has 0 saturated carbocycles. The molecule has 1 saturated heterocycles. The van der Waals surface area contributed by atoms with Gasteiger partial charge in [0.1, 0.15) is 17.0 Å². The number of rotatable bonds is 4. The van der Waals surface area contributed by atoms with Crippen LogP contribution in [0.15, 0.2) is 34.9 Å². The van der Waals surface area contributed by atoms with Crippen LogP contribution in [0.1, 0.15) is 16.1 Å². The number of nitrogens with one attached hydrogen (secondary N) is 1. The number of ether oxygens (including phenoxy) is 2. The predicted molar refractivity (Wildman–Crippen MR) is 79.6 cm³/mol. The van der Waals surface area contributed by atoms with E-state index in [0.29, 0.717) is 43.4 Å². The molecule has 0 unspecified atom stereocenters. The highest BCUT2D eigenvalue weighted by Gasteiger charge is 2.23. The maximum absolute atomic E-state index is 12.5. The molecule has 0 aliphatic carbocycles. The second-order valence-electron chi connectivity index (χ2n) is 5.11. The Labute approximate surface area is 128 Å². The number of nitrogens with zero attached hydrogens (tertiary/aromatic N) is 1. The minimum atomic E-state index is -0.216. The first-order valence-electron chi connectivity index (χ1n) is 7.25. The largest absolute Gasteiger partial charge is 0.376 e. The molecule has 1 aromatic carbocycles. The summed E-state index contributed by atoms with van der Waals surface area (Å²) in [5.74, 6) is 0.281. The molecule has 1 aliphatic rings. The van der Waals surface area contributed by atoms with E-state index in [9.17, 15) is 4.79 Å². The average Bonchev–Trinajstić information content (AvgIpc) is 2.96. The van der Waals surface area contributed by atoms with Gasteiger partial charge in [-0.25, -0.2) is 0 Å². The van der Waals surface area contributed by atoms with E-state index < -0.39 is 0 Å². The summed E-state index contributed by atoms with van der Waals surface area (Å²) < 4.78 is 16.0. The highest BCUT2D eigenvalue weighted by atomic mass is 16.6. The van der Waals surface area contributed by atoms with Gasteiger partial charge in [-0.05, 0) is 6.92 Å². The fourth-order valence-corrected chi connectivity index (χ4v) is 2.38. The summed E-state index contributed by atoms with van der Waals surface area (Å²) in [6.07, 6.45) is -0.113. The second-order valence-corrected chi connectivity index (χ2v) is 5.11. The molecule has 0 bridgehead atoms.